The second-order valence-electron chi connectivity index (χ2n) is 8.50. The van der Waals surface area contributed by atoms with Crippen LogP contribution >= 0.6 is 7.82 Å². The van der Waals surface area contributed by atoms with Gasteiger partial charge in [-0.1, -0.05) is 70.4 Å². The summed E-state index contributed by atoms with van der Waals surface area (Å²) in [6, 6.07) is 0. The Bertz CT molecular complexity index is 557. The van der Waals surface area contributed by atoms with Crippen LogP contribution < -0.4 is 4.89 Å². The van der Waals surface area contributed by atoms with Crippen molar-refractivity contribution in [3.63, 3.8) is 0 Å². The standard InChI is InChI=1S/C24H47O9P/c1-2-3-4-5-6-7-8-9-10-11-12-13-14-15-16-17-24(28)33-23(19-26)21-32-34(29,30)31-20-22(27)18-25/h9-10,22-23,25-27H,2-8,11-21H2,1H3,(H,29,30)/p-1/b10-9-/t22-,23-/m0/s1. The van der Waals surface area contributed by atoms with Crippen LogP contribution in [-0.4, -0.2) is 59.9 Å². The largest absolute Gasteiger partial charge is 0.756 e. The van der Waals surface area contributed by atoms with Gasteiger partial charge >= 0.3 is 5.97 Å². The topological polar surface area (TPSA) is 146 Å². The molecule has 0 fully saturated rings. The van der Waals surface area contributed by atoms with Crippen molar-refractivity contribution in [3.8, 4) is 0 Å². The Morgan fingerprint density at radius 2 is 1.38 bits per heavy atom. The van der Waals surface area contributed by atoms with Crippen LogP contribution in [0, 0.1) is 0 Å². The van der Waals surface area contributed by atoms with E-state index in [1.165, 1.54) is 44.9 Å². The molecule has 0 aromatic rings. The molecule has 0 spiro atoms. The molecule has 0 saturated carbocycles. The Labute approximate surface area is 205 Å². The van der Waals surface area contributed by atoms with Crippen molar-refractivity contribution >= 4 is 13.8 Å². The summed E-state index contributed by atoms with van der Waals surface area (Å²) < 4.78 is 25.5. The Balaban J connectivity index is 3.72. The first kappa shape index (κ1) is 33.2. The smallest absolute Gasteiger partial charge is 0.306 e. The Morgan fingerprint density at radius 3 is 1.94 bits per heavy atom. The number of carbonyl (C=O) groups is 1. The van der Waals surface area contributed by atoms with Crippen molar-refractivity contribution in [2.24, 2.45) is 0 Å². The predicted octanol–water partition coefficient (Wildman–Crippen LogP) is 3.78. The van der Waals surface area contributed by atoms with E-state index in [-0.39, 0.29) is 6.42 Å². The summed E-state index contributed by atoms with van der Waals surface area (Å²) in [6.45, 7) is -0.276. The van der Waals surface area contributed by atoms with Crippen molar-refractivity contribution < 1.29 is 43.4 Å². The monoisotopic (exact) mass is 509 g/mol. The number of unbranched alkanes of at least 4 members (excludes halogenated alkanes) is 11. The second-order valence-corrected chi connectivity index (χ2v) is 9.91. The summed E-state index contributed by atoms with van der Waals surface area (Å²) in [5, 5.41) is 27.0. The van der Waals surface area contributed by atoms with Crippen molar-refractivity contribution in [2.75, 3.05) is 26.4 Å². The summed E-state index contributed by atoms with van der Waals surface area (Å²) in [7, 11) is -4.75. The van der Waals surface area contributed by atoms with Crippen LogP contribution in [0.4, 0.5) is 0 Å². The minimum absolute atomic E-state index is 0.183. The number of esters is 1. The van der Waals surface area contributed by atoms with Crippen LogP contribution in [0.3, 0.4) is 0 Å². The molecule has 0 aliphatic rings. The highest BCUT2D eigenvalue weighted by Gasteiger charge is 2.19. The molecule has 0 amide bonds. The molecule has 0 heterocycles. The van der Waals surface area contributed by atoms with Crippen LogP contribution in [0.5, 0.6) is 0 Å². The lowest BCUT2D eigenvalue weighted by atomic mass is 10.1. The van der Waals surface area contributed by atoms with Crippen molar-refractivity contribution in [2.45, 2.75) is 109 Å². The summed E-state index contributed by atoms with van der Waals surface area (Å²) in [4.78, 5) is 23.4. The van der Waals surface area contributed by atoms with Crippen LogP contribution in [0.25, 0.3) is 0 Å². The summed E-state index contributed by atoms with van der Waals surface area (Å²) in [5.74, 6) is -0.530. The maximum absolute atomic E-state index is 11.9. The lowest BCUT2D eigenvalue weighted by Gasteiger charge is -2.25. The predicted molar refractivity (Wildman–Crippen MR) is 129 cm³/mol. The Morgan fingerprint density at radius 1 is 0.853 bits per heavy atom. The Kier molecular flexibility index (Phi) is 22.1. The number of allylic oxidation sites excluding steroid dienone is 2. The second kappa shape index (κ2) is 22.7. The van der Waals surface area contributed by atoms with E-state index in [0.717, 1.165) is 32.1 Å². The molecule has 0 aliphatic heterocycles. The molecule has 3 N–H and O–H groups in total. The molecule has 0 aromatic heterocycles. The van der Waals surface area contributed by atoms with Gasteiger partial charge in [-0.05, 0) is 32.1 Å². The zero-order chi connectivity index (χ0) is 25.5. The maximum atomic E-state index is 11.9. The highest BCUT2D eigenvalue weighted by atomic mass is 31.2. The molecule has 1 unspecified atom stereocenters. The number of aliphatic hydroxyl groups is 3. The molecule has 3 atom stereocenters. The lowest BCUT2D eigenvalue weighted by molar-refractivity contribution is -0.230. The SMILES string of the molecule is CCCCCCCC/C=C\CCCCCCCC(=O)O[C@@H](CO)COP(=O)([O-])OC[C@@H](O)CO. The molecule has 0 bridgehead atoms. The molecule has 0 rings (SSSR count). The molecule has 9 nitrogen and oxygen atoms in total. The van der Waals surface area contributed by atoms with E-state index in [2.05, 4.69) is 28.1 Å². The van der Waals surface area contributed by atoms with E-state index in [1.807, 2.05) is 0 Å². The first-order valence-electron chi connectivity index (χ1n) is 12.7. The quantitative estimate of drug-likeness (QED) is 0.0765. The first-order valence-corrected chi connectivity index (χ1v) is 14.1. The van der Waals surface area contributed by atoms with Gasteiger partial charge in [0.05, 0.1) is 26.4 Å². The van der Waals surface area contributed by atoms with E-state index in [0.29, 0.717) is 6.42 Å². The van der Waals surface area contributed by atoms with Crippen molar-refractivity contribution in [3.05, 3.63) is 12.2 Å². The minimum atomic E-state index is -4.75. The third-order valence-electron chi connectivity index (χ3n) is 5.20. The van der Waals surface area contributed by atoms with Gasteiger partial charge in [0.2, 0.25) is 0 Å². The molecule has 0 aromatic carbocycles. The lowest BCUT2D eigenvalue weighted by Crippen LogP contribution is -2.28. The third kappa shape index (κ3) is 21.7. The number of hydrogen-bond acceptors (Lipinski definition) is 9. The molecule has 0 radical (unpaired) electrons. The average molecular weight is 510 g/mol. The van der Waals surface area contributed by atoms with Gasteiger partial charge in [0, 0.05) is 6.42 Å². The minimum Gasteiger partial charge on any atom is -0.756 e. The van der Waals surface area contributed by atoms with Gasteiger partial charge < -0.3 is 34.0 Å². The highest BCUT2D eigenvalue weighted by Crippen LogP contribution is 2.38. The summed E-state index contributed by atoms with van der Waals surface area (Å²) in [5.41, 5.74) is 0. The Hall–Kier alpha value is -0.800. The average Bonchev–Trinajstić information content (AvgIpc) is 2.82. The third-order valence-corrected chi connectivity index (χ3v) is 6.13. The van der Waals surface area contributed by atoms with Gasteiger partial charge in [0.1, 0.15) is 12.2 Å². The van der Waals surface area contributed by atoms with Crippen LogP contribution in [0.1, 0.15) is 96.8 Å². The molecule has 10 heteroatoms. The first-order chi connectivity index (χ1) is 16.3. The van der Waals surface area contributed by atoms with Gasteiger partial charge in [0.15, 0.2) is 0 Å². The molecular formula is C24H46O9P-. The molecule has 0 aliphatic carbocycles. The fourth-order valence-corrected chi connectivity index (χ4v) is 3.93. The summed E-state index contributed by atoms with van der Waals surface area (Å²) >= 11 is 0. The zero-order valence-corrected chi connectivity index (χ0v) is 21.7. The highest BCUT2D eigenvalue weighted by molar-refractivity contribution is 7.45. The number of carbonyl (C=O) groups excluding carboxylic acids is 1. The van der Waals surface area contributed by atoms with Gasteiger partial charge in [0.25, 0.3) is 7.82 Å². The van der Waals surface area contributed by atoms with Gasteiger partial charge in [-0.15, -0.1) is 0 Å². The molecule has 202 valence electrons. The number of phosphoric acid groups is 1. The van der Waals surface area contributed by atoms with E-state index in [1.54, 1.807) is 0 Å². The van der Waals surface area contributed by atoms with Crippen molar-refractivity contribution in [1.29, 1.82) is 0 Å². The van der Waals surface area contributed by atoms with E-state index in [9.17, 15) is 19.4 Å². The zero-order valence-electron chi connectivity index (χ0n) is 20.8. The van der Waals surface area contributed by atoms with Crippen LogP contribution in [0.15, 0.2) is 12.2 Å². The van der Waals surface area contributed by atoms with Crippen LogP contribution in [-0.2, 0) is 23.1 Å². The fourth-order valence-electron chi connectivity index (χ4n) is 3.15. The van der Waals surface area contributed by atoms with Gasteiger partial charge in [-0.2, -0.15) is 0 Å². The van der Waals surface area contributed by atoms with E-state index >= 15 is 0 Å². The molecule has 0 saturated heterocycles. The normalized spacial score (nSPS) is 15.3. The number of ether oxygens (including phenoxy) is 1. The number of hydrogen-bond donors (Lipinski definition) is 3. The van der Waals surface area contributed by atoms with Gasteiger partial charge in [-0.3, -0.25) is 9.36 Å². The van der Waals surface area contributed by atoms with E-state index < -0.39 is 52.4 Å². The number of aliphatic hydroxyl groups excluding tert-OH is 3. The van der Waals surface area contributed by atoms with Gasteiger partial charge in [-0.25, -0.2) is 0 Å². The van der Waals surface area contributed by atoms with Crippen molar-refractivity contribution in [1.82, 2.24) is 0 Å². The van der Waals surface area contributed by atoms with E-state index in [4.69, 9.17) is 14.9 Å². The summed E-state index contributed by atoms with van der Waals surface area (Å²) in [6.07, 6.45) is 17.2. The number of rotatable bonds is 24. The molecular weight excluding hydrogens is 463 g/mol. The van der Waals surface area contributed by atoms with Crippen LogP contribution in [0.2, 0.25) is 0 Å². The molecule has 34 heavy (non-hydrogen) atoms. The maximum Gasteiger partial charge on any atom is 0.306 e. The number of phosphoric ester groups is 1. The fraction of sp³-hybridized carbons (Fsp3) is 0.875.